The molecule has 0 aliphatic carbocycles. The maximum Gasteiger partial charge on any atom is 0.0621 e. The van der Waals surface area contributed by atoms with Gasteiger partial charge in [0.1, 0.15) is 0 Å². The molecule has 0 fully saturated rings. The minimum atomic E-state index is 0.704. The lowest BCUT2D eigenvalue weighted by Gasteiger charge is -2.21. The first-order chi connectivity index (χ1) is 7.20. The van der Waals surface area contributed by atoms with E-state index in [0.717, 1.165) is 32.5 Å². The summed E-state index contributed by atoms with van der Waals surface area (Å²) in [7, 11) is 4.23. The Balaban J connectivity index is 3.42. The summed E-state index contributed by atoms with van der Waals surface area (Å²) in [5, 5.41) is 8.42. The van der Waals surface area contributed by atoms with Crippen molar-refractivity contribution in [2.24, 2.45) is 0 Å². The van der Waals surface area contributed by atoms with Crippen LogP contribution >= 0.6 is 0 Å². The fourth-order valence-electron chi connectivity index (χ4n) is 1.58. The molecule has 3 heteroatoms. The first kappa shape index (κ1) is 14.4. The SMILES string of the molecule is CCN(CCCCC#N)CCCN(C)C. The molecule has 0 N–H and O–H groups in total. The monoisotopic (exact) mass is 211 g/mol. The average Bonchev–Trinajstić information content (AvgIpc) is 2.21. The second-order valence-corrected chi connectivity index (χ2v) is 4.21. The molecule has 0 saturated carbocycles. The van der Waals surface area contributed by atoms with Crippen LogP contribution in [0.3, 0.4) is 0 Å². The van der Waals surface area contributed by atoms with Gasteiger partial charge < -0.3 is 9.80 Å². The second kappa shape index (κ2) is 9.95. The lowest BCUT2D eigenvalue weighted by molar-refractivity contribution is 0.262. The Labute approximate surface area is 94.7 Å². The standard InChI is InChI=1S/C12H25N3/c1-4-15(11-7-5-6-9-13)12-8-10-14(2)3/h4-8,10-12H2,1-3H3. The van der Waals surface area contributed by atoms with Crippen LogP contribution in [0.15, 0.2) is 0 Å². The molecule has 0 aliphatic heterocycles. The van der Waals surface area contributed by atoms with E-state index in [2.05, 4.69) is 36.9 Å². The highest BCUT2D eigenvalue weighted by atomic mass is 15.1. The Morgan fingerprint density at radius 2 is 1.67 bits per heavy atom. The largest absolute Gasteiger partial charge is 0.309 e. The van der Waals surface area contributed by atoms with Crippen molar-refractivity contribution >= 4 is 0 Å². The van der Waals surface area contributed by atoms with Gasteiger partial charge in [-0.05, 0) is 59.5 Å². The van der Waals surface area contributed by atoms with Gasteiger partial charge in [0.15, 0.2) is 0 Å². The van der Waals surface area contributed by atoms with E-state index >= 15 is 0 Å². The molecule has 0 aromatic carbocycles. The molecule has 0 bridgehead atoms. The molecule has 3 nitrogen and oxygen atoms in total. The second-order valence-electron chi connectivity index (χ2n) is 4.21. The van der Waals surface area contributed by atoms with E-state index in [1.165, 1.54) is 13.0 Å². The minimum absolute atomic E-state index is 0.704. The molecule has 0 heterocycles. The molecule has 0 aliphatic rings. The highest BCUT2D eigenvalue weighted by Crippen LogP contribution is 1.99. The maximum absolute atomic E-state index is 8.42. The Kier molecular flexibility index (Phi) is 9.55. The van der Waals surface area contributed by atoms with E-state index in [4.69, 9.17) is 5.26 Å². The van der Waals surface area contributed by atoms with Gasteiger partial charge in [-0.3, -0.25) is 0 Å². The zero-order valence-corrected chi connectivity index (χ0v) is 10.5. The molecular formula is C12H25N3. The topological polar surface area (TPSA) is 30.3 Å². The summed E-state index contributed by atoms with van der Waals surface area (Å²) in [6.07, 6.45) is 4.14. The van der Waals surface area contributed by atoms with Gasteiger partial charge >= 0.3 is 0 Å². The molecular weight excluding hydrogens is 186 g/mol. The summed E-state index contributed by atoms with van der Waals surface area (Å²) in [5.41, 5.74) is 0. The number of hydrogen-bond acceptors (Lipinski definition) is 3. The van der Waals surface area contributed by atoms with Crippen LogP contribution in [0.4, 0.5) is 0 Å². The van der Waals surface area contributed by atoms with E-state index < -0.39 is 0 Å². The highest BCUT2D eigenvalue weighted by molar-refractivity contribution is 4.68. The molecule has 0 unspecified atom stereocenters. The molecule has 0 aromatic rings. The van der Waals surface area contributed by atoms with E-state index in [0.29, 0.717) is 6.42 Å². The first-order valence-electron chi connectivity index (χ1n) is 5.94. The van der Waals surface area contributed by atoms with Crippen LogP contribution in [0.2, 0.25) is 0 Å². The van der Waals surface area contributed by atoms with Gasteiger partial charge in [0, 0.05) is 6.42 Å². The molecule has 0 amide bonds. The Bertz CT molecular complexity index is 172. The van der Waals surface area contributed by atoms with Crippen LogP contribution < -0.4 is 0 Å². The predicted octanol–water partition coefficient (Wildman–Crippen LogP) is 1.95. The van der Waals surface area contributed by atoms with Crippen LogP contribution in [0.1, 0.15) is 32.6 Å². The molecule has 0 spiro atoms. The van der Waals surface area contributed by atoms with Gasteiger partial charge in [-0.2, -0.15) is 5.26 Å². The molecule has 0 saturated heterocycles. The number of nitriles is 1. The third kappa shape index (κ3) is 9.71. The van der Waals surface area contributed by atoms with E-state index in [1.54, 1.807) is 0 Å². The smallest absolute Gasteiger partial charge is 0.0621 e. The minimum Gasteiger partial charge on any atom is -0.309 e. The van der Waals surface area contributed by atoms with Gasteiger partial charge in [-0.25, -0.2) is 0 Å². The summed E-state index contributed by atoms with van der Waals surface area (Å²) in [6, 6.07) is 2.19. The number of nitrogens with zero attached hydrogens (tertiary/aromatic N) is 3. The van der Waals surface area contributed by atoms with Gasteiger partial charge in [0.25, 0.3) is 0 Å². The van der Waals surface area contributed by atoms with Gasteiger partial charge in [0.2, 0.25) is 0 Å². The molecule has 15 heavy (non-hydrogen) atoms. The van der Waals surface area contributed by atoms with Crippen molar-refractivity contribution in [3.05, 3.63) is 0 Å². The first-order valence-corrected chi connectivity index (χ1v) is 5.94. The quantitative estimate of drug-likeness (QED) is 0.546. The van der Waals surface area contributed by atoms with Crippen molar-refractivity contribution in [2.45, 2.75) is 32.6 Å². The summed E-state index contributed by atoms with van der Waals surface area (Å²) < 4.78 is 0. The molecule has 0 radical (unpaired) electrons. The zero-order chi connectivity index (χ0) is 11.5. The number of unbranched alkanes of at least 4 members (excludes halogenated alkanes) is 2. The van der Waals surface area contributed by atoms with Crippen molar-refractivity contribution < 1.29 is 0 Å². The van der Waals surface area contributed by atoms with Crippen molar-refractivity contribution in [1.82, 2.24) is 9.80 Å². The Morgan fingerprint density at radius 1 is 1.00 bits per heavy atom. The van der Waals surface area contributed by atoms with Crippen LogP contribution in [0, 0.1) is 11.3 Å². The van der Waals surface area contributed by atoms with Gasteiger partial charge in [-0.1, -0.05) is 6.92 Å². The summed E-state index contributed by atoms with van der Waals surface area (Å²) in [6.45, 7) is 6.82. The van der Waals surface area contributed by atoms with E-state index in [1.807, 2.05) is 0 Å². The molecule has 0 rings (SSSR count). The van der Waals surface area contributed by atoms with Crippen molar-refractivity contribution in [3.63, 3.8) is 0 Å². The highest BCUT2D eigenvalue weighted by Gasteiger charge is 2.01. The number of rotatable bonds is 9. The Morgan fingerprint density at radius 3 is 2.20 bits per heavy atom. The lowest BCUT2D eigenvalue weighted by atomic mass is 10.2. The predicted molar refractivity (Wildman–Crippen MR) is 64.7 cm³/mol. The third-order valence-electron chi connectivity index (χ3n) is 2.54. The van der Waals surface area contributed by atoms with Crippen LogP contribution in [-0.2, 0) is 0 Å². The average molecular weight is 211 g/mol. The van der Waals surface area contributed by atoms with Crippen molar-refractivity contribution in [2.75, 3.05) is 40.3 Å². The summed E-state index contributed by atoms with van der Waals surface area (Å²) >= 11 is 0. The van der Waals surface area contributed by atoms with Crippen LogP contribution in [-0.4, -0.2) is 50.1 Å². The molecule has 0 aromatic heterocycles. The maximum atomic E-state index is 8.42. The molecule has 88 valence electrons. The van der Waals surface area contributed by atoms with Gasteiger partial charge in [-0.15, -0.1) is 0 Å². The van der Waals surface area contributed by atoms with Crippen LogP contribution in [0.25, 0.3) is 0 Å². The Hall–Kier alpha value is -0.590. The van der Waals surface area contributed by atoms with Crippen molar-refractivity contribution in [3.8, 4) is 6.07 Å². The third-order valence-corrected chi connectivity index (χ3v) is 2.54. The molecule has 0 atom stereocenters. The van der Waals surface area contributed by atoms with Crippen LogP contribution in [0.5, 0.6) is 0 Å². The summed E-state index contributed by atoms with van der Waals surface area (Å²) in [5.74, 6) is 0. The van der Waals surface area contributed by atoms with E-state index in [-0.39, 0.29) is 0 Å². The zero-order valence-electron chi connectivity index (χ0n) is 10.5. The van der Waals surface area contributed by atoms with Gasteiger partial charge in [0.05, 0.1) is 6.07 Å². The van der Waals surface area contributed by atoms with Crippen molar-refractivity contribution in [1.29, 1.82) is 5.26 Å². The fourth-order valence-corrected chi connectivity index (χ4v) is 1.58. The number of hydrogen-bond donors (Lipinski definition) is 0. The normalized spacial score (nSPS) is 10.9. The van der Waals surface area contributed by atoms with E-state index in [9.17, 15) is 0 Å². The lowest BCUT2D eigenvalue weighted by Crippen LogP contribution is -2.28. The fraction of sp³-hybridized carbons (Fsp3) is 0.917. The summed E-state index contributed by atoms with van der Waals surface area (Å²) in [4.78, 5) is 4.70.